The molecule has 1 fully saturated rings. The number of esters is 1. The minimum Gasteiger partial charge on any atom is -0.465 e. The first-order valence-corrected chi connectivity index (χ1v) is 7.96. The predicted octanol–water partition coefficient (Wildman–Crippen LogP) is -0.512. The predicted molar refractivity (Wildman–Crippen MR) is 86.6 cm³/mol. The van der Waals surface area contributed by atoms with Crippen LogP contribution in [0, 0.1) is 0 Å². The Morgan fingerprint density at radius 3 is 2.67 bits per heavy atom. The van der Waals surface area contributed by atoms with Gasteiger partial charge < -0.3 is 9.72 Å². The Morgan fingerprint density at radius 1 is 1.33 bits per heavy atom. The van der Waals surface area contributed by atoms with Gasteiger partial charge in [-0.15, -0.1) is 0 Å². The van der Waals surface area contributed by atoms with E-state index in [1.54, 1.807) is 14.0 Å². The molecule has 2 aromatic rings. The van der Waals surface area contributed by atoms with Crippen LogP contribution in [0.3, 0.4) is 0 Å². The summed E-state index contributed by atoms with van der Waals surface area (Å²) in [5.41, 5.74) is -0.210. The SMILES string of the molecule is CCOC(=O)CN(Cc1nc2c([nH]1)c(=O)n(C)c(=O)n2C)C1CC1. The number of aryl methyl sites for hydroxylation is 1. The summed E-state index contributed by atoms with van der Waals surface area (Å²) in [6.45, 7) is 2.71. The van der Waals surface area contributed by atoms with E-state index in [0.29, 0.717) is 36.2 Å². The van der Waals surface area contributed by atoms with Crippen LogP contribution in [0.1, 0.15) is 25.6 Å². The van der Waals surface area contributed by atoms with E-state index < -0.39 is 11.2 Å². The topological polar surface area (TPSA) is 102 Å². The molecule has 0 amide bonds. The van der Waals surface area contributed by atoms with Crippen LogP contribution < -0.4 is 11.2 Å². The van der Waals surface area contributed by atoms with Crippen molar-refractivity contribution in [1.82, 2.24) is 24.0 Å². The molecule has 0 aromatic carbocycles. The van der Waals surface area contributed by atoms with Gasteiger partial charge in [0.25, 0.3) is 5.56 Å². The minimum absolute atomic E-state index is 0.187. The zero-order chi connectivity index (χ0) is 17.4. The number of nitrogens with zero attached hydrogens (tertiary/aromatic N) is 4. The molecule has 0 aliphatic heterocycles. The van der Waals surface area contributed by atoms with Crippen LogP contribution in [0.4, 0.5) is 0 Å². The Labute approximate surface area is 137 Å². The molecule has 2 heterocycles. The van der Waals surface area contributed by atoms with E-state index in [0.717, 1.165) is 17.4 Å². The maximum Gasteiger partial charge on any atom is 0.332 e. The highest BCUT2D eigenvalue weighted by Crippen LogP contribution is 2.27. The molecule has 0 bridgehead atoms. The largest absolute Gasteiger partial charge is 0.465 e. The van der Waals surface area contributed by atoms with E-state index >= 15 is 0 Å². The summed E-state index contributed by atoms with van der Waals surface area (Å²) in [7, 11) is 3.01. The fourth-order valence-corrected chi connectivity index (χ4v) is 2.77. The number of fused-ring (bicyclic) bond motifs is 1. The second-order valence-corrected chi connectivity index (χ2v) is 6.03. The number of nitrogens with one attached hydrogen (secondary N) is 1. The maximum atomic E-state index is 12.2. The number of rotatable bonds is 6. The monoisotopic (exact) mass is 335 g/mol. The maximum absolute atomic E-state index is 12.2. The number of ether oxygens (including phenoxy) is 1. The van der Waals surface area contributed by atoms with E-state index in [1.165, 1.54) is 11.6 Å². The van der Waals surface area contributed by atoms with Gasteiger partial charge in [-0.3, -0.25) is 23.6 Å². The molecule has 1 aliphatic carbocycles. The molecular weight excluding hydrogens is 314 g/mol. The minimum atomic E-state index is -0.420. The third-order valence-corrected chi connectivity index (χ3v) is 4.20. The first-order chi connectivity index (χ1) is 11.4. The van der Waals surface area contributed by atoms with Gasteiger partial charge in [0.15, 0.2) is 5.65 Å². The number of H-pyrrole nitrogens is 1. The number of hydrogen-bond donors (Lipinski definition) is 1. The van der Waals surface area contributed by atoms with E-state index in [9.17, 15) is 14.4 Å². The van der Waals surface area contributed by atoms with Gasteiger partial charge in [0.05, 0.1) is 19.7 Å². The lowest BCUT2D eigenvalue weighted by atomic mass is 10.4. The lowest BCUT2D eigenvalue weighted by Crippen LogP contribution is -2.36. The normalized spacial score (nSPS) is 14.5. The van der Waals surface area contributed by atoms with Gasteiger partial charge in [-0.05, 0) is 19.8 Å². The van der Waals surface area contributed by atoms with Crippen LogP contribution in [-0.2, 0) is 30.2 Å². The number of imidazole rings is 1. The summed E-state index contributed by atoms with van der Waals surface area (Å²) in [5.74, 6) is 0.281. The highest BCUT2D eigenvalue weighted by atomic mass is 16.5. The van der Waals surface area contributed by atoms with Crippen molar-refractivity contribution < 1.29 is 9.53 Å². The van der Waals surface area contributed by atoms with E-state index in [4.69, 9.17) is 4.74 Å². The highest BCUT2D eigenvalue weighted by Gasteiger charge is 2.31. The summed E-state index contributed by atoms with van der Waals surface area (Å²) in [6.07, 6.45) is 2.06. The first kappa shape index (κ1) is 16.4. The van der Waals surface area contributed by atoms with Crippen LogP contribution >= 0.6 is 0 Å². The molecule has 1 N–H and O–H groups in total. The average Bonchev–Trinajstić information content (AvgIpc) is 3.31. The standard InChI is InChI=1S/C15H21N5O4/c1-4-24-11(21)8-20(9-5-6-9)7-10-16-12-13(17-10)18(2)15(23)19(3)14(12)22/h9H,4-8H2,1-3H3,(H,16,17). The van der Waals surface area contributed by atoms with Gasteiger partial charge in [-0.1, -0.05) is 0 Å². The zero-order valence-electron chi connectivity index (χ0n) is 14.0. The van der Waals surface area contributed by atoms with Crippen LogP contribution in [0.25, 0.3) is 11.2 Å². The third kappa shape index (κ3) is 2.99. The molecule has 1 aliphatic rings. The molecule has 2 aromatic heterocycles. The Hall–Kier alpha value is -2.42. The van der Waals surface area contributed by atoms with Crippen molar-refractivity contribution >= 4 is 17.1 Å². The first-order valence-electron chi connectivity index (χ1n) is 7.96. The van der Waals surface area contributed by atoms with Crippen LogP contribution in [0.5, 0.6) is 0 Å². The Bertz CT molecular complexity index is 890. The second-order valence-electron chi connectivity index (χ2n) is 6.03. The van der Waals surface area contributed by atoms with Gasteiger partial charge in [0, 0.05) is 20.1 Å². The van der Waals surface area contributed by atoms with Crippen molar-refractivity contribution in [3.05, 3.63) is 26.7 Å². The van der Waals surface area contributed by atoms with E-state index in [1.807, 2.05) is 4.90 Å². The van der Waals surface area contributed by atoms with Crippen molar-refractivity contribution in [2.45, 2.75) is 32.4 Å². The van der Waals surface area contributed by atoms with Crippen molar-refractivity contribution in [3.63, 3.8) is 0 Å². The second kappa shape index (κ2) is 6.23. The third-order valence-electron chi connectivity index (χ3n) is 4.20. The highest BCUT2D eigenvalue weighted by molar-refractivity contribution is 5.72. The number of aromatic nitrogens is 4. The molecule has 3 rings (SSSR count). The molecule has 0 spiro atoms. The van der Waals surface area contributed by atoms with Gasteiger partial charge >= 0.3 is 11.7 Å². The van der Waals surface area contributed by atoms with Crippen LogP contribution in [-0.4, -0.2) is 49.2 Å². The van der Waals surface area contributed by atoms with Crippen LogP contribution in [0.15, 0.2) is 9.59 Å². The molecule has 0 atom stereocenters. The molecule has 0 saturated heterocycles. The smallest absolute Gasteiger partial charge is 0.332 e. The molecule has 9 heteroatoms. The number of aromatic amines is 1. The summed E-state index contributed by atoms with van der Waals surface area (Å²) >= 11 is 0. The van der Waals surface area contributed by atoms with Crippen molar-refractivity contribution in [3.8, 4) is 0 Å². The average molecular weight is 335 g/mol. The van der Waals surface area contributed by atoms with Gasteiger partial charge in [0.2, 0.25) is 0 Å². The van der Waals surface area contributed by atoms with Gasteiger partial charge in [0.1, 0.15) is 11.3 Å². The summed E-state index contributed by atoms with van der Waals surface area (Å²) < 4.78 is 7.39. The quantitative estimate of drug-likeness (QED) is 0.713. The van der Waals surface area contributed by atoms with Crippen molar-refractivity contribution in [2.24, 2.45) is 14.1 Å². The summed E-state index contributed by atoms with van der Waals surface area (Å²) in [4.78, 5) is 45.3. The van der Waals surface area contributed by atoms with Crippen molar-refractivity contribution in [2.75, 3.05) is 13.2 Å². The Morgan fingerprint density at radius 2 is 2.04 bits per heavy atom. The summed E-state index contributed by atoms with van der Waals surface area (Å²) in [5, 5.41) is 0. The molecular formula is C15H21N5O4. The zero-order valence-corrected chi connectivity index (χ0v) is 14.0. The lowest BCUT2D eigenvalue weighted by Gasteiger charge is -2.19. The van der Waals surface area contributed by atoms with Crippen LogP contribution in [0.2, 0.25) is 0 Å². The molecule has 9 nitrogen and oxygen atoms in total. The Kier molecular flexibility index (Phi) is 4.27. The fraction of sp³-hybridized carbons (Fsp3) is 0.600. The van der Waals surface area contributed by atoms with Gasteiger partial charge in [-0.25, -0.2) is 9.78 Å². The molecule has 1 saturated carbocycles. The number of hydrogen-bond acceptors (Lipinski definition) is 6. The number of carbonyl (C=O) groups excluding carboxylic acids is 1. The van der Waals surface area contributed by atoms with Crippen molar-refractivity contribution in [1.29, 1.82) is 0 Å². The molecule has 0 radical (unpaired) electrons. The lowest BCUT2D eigenvalue weighted by molar-refractivity contribution is -0.144. The van der Waals surface area contributed by atoms with Gasteiger partial charge in [-0.2, -0.15) is 0 Å². The number of carbonyl (C=O) groups is 1. The molecule has 130 valence electrons. The fourth-order valence-electron chi connectivity index (χ4n) is 2.77. The van der Waals surface area contributed by atoms with E-state index in [-0.39, 0.29) is 12.5 Å². The molecule has 24 heavy (non-hydrogen) atoms. The summed E-state index contributed by atoms with van der Waals surface area (Å²) in [6, 6.07) is 0.328. The van der Waals surface area contributed by atoms with E-state index in [2.05, 4.69) is 9.97 Å². The Balaban J connectivity index is 1.90. The molecule has 0 unspecified atom stereocenters.